The number of hydrogen-bond donors (Lipinski definition) is 2. The lowest BCUT2D eigenvalue weighted by Gasteiger charge is -2.05. The summed E-state index contributed by atoms with van der Waals surface area (Å²) in [5.41, 5.74) is 9.51. The highest BCUT2D eigenvalue weighted by atomic mass is 15.3. The van der Waals surface area contributed by atoms with Gasteiger partial charge in [0, 0.05) is 18.4 Å². The van der Waals surface area contributed by atoms with E-state index in [0.29, 0.717) is 0 Å². The molecule has 1 aromatic heterocycles. The van der Waals surface area contributed by atoms with Gasteiger partial charge in [0.2, 0.25) is 0 Å². The predicted octanol–water partition coefficient (Wildman–Crippen LogP) is 2.05. The predicted molar refractivity (Wildman–Crippen MR) is 62.1 cm³/mol. The minimum Gasteiger partial charge on any atom is -0.399 e. The molecule has 3 N–H and O–H groups in total. The zero-order chi connectivity index (χ0) is 10.8. The van der Waals surface area contributed by atoms with E-state index in [-0.39, 0.29) is 0 Å². The molecule has 15 heavy (non-hydrogen) atoms. The molecule has 0 aliphatic heterocycles. The first-order chi connectivity index (χ1) is 7.16. The van der Waals surface area contributed by atoms with Gasteiger partial charge in [0.05, 0.1) is 17.6 Å². The van der Waals surface area contributed by atoms with Crippen LogP contribution < -0.4 is 11.1 Å². The number of aryl methyl sites for hydroxylation is 1. The number of nitrogens with two attached hydrogens (primary N) is 1. The van der Waals surface area contributed by atoms with Crippen molar-refractivity contribution in [1.82, 2.24) is 9.78 Å². The van der Waals surface area contributed by atoms with E-state index in [0.717, 1.165) is 22.8 Å². The van der Waals surface area contributed by atoms with Gasteiger partial charge in [-0.1, -0.05) is 0 Å². The van der Waals surface area contributed by atoms with Crippen molar-refractivity contribution >= 4 is 17.1 Å². The maximum atomic E-state index is 5.61. The molecule has 1 heterocycles. The van der Waals surface area contributed by atoms with Crippen LogP contribution in [0.5, 0.6) is 0 Å². The first-order valence-electron chi connectivity index (χ1n) is 4.78. The molecule has 4 heteroatoms. The number of nitrogen functional groups attached to an aromatic ring is 1. The van der Waals surface area contributed by atoms with Gasteiger partial charge in [-0.25, -0.2) is 0 Å². The third-order valence-electron chi connectivity index (χ3n) is 2.42. The lowest BCUT2D eigenvalue weighted by molar-refractivity contribution is 0.740. The van der Waals surface area contributed by atoms with Crippen LogP contribution in [0.2, 0.25) is 0 Å². The molecule has 2 aromatic rings. The number of aromatic nitrogens is 2. The second-order valence-electron chi connectivity index (χ2n) is 3.51. The van der Waals surface area contributed by atoms with Gasteiger partial charge in [-0.05, 0) is 31.2 Å². The molecule has 0 saturated carbocycles. The number of nitrogens with one attached hydrogen (secondary N) is 1. The molecule has 0 radical (unpaired) electrons. The monoisotopic (exact) mass is 202 g/mol. The van der Waals surface area contributed by atoms with Crippen molar-refractivity contribution in [3.05, 3.63) is 36.2 Å². The Kier molecular flexibility index (Phi) is 2.33. The van der Waals surface area contributed by atoms with Crippen molar-refractivity contribution in [3.8, 4) is 0 Å². The van der Waals surface area contributed by atoms with E-state index < -0.39 is 0 Å². The van der Waals surface area contributed by atoms with Gasteiger partial charge in [-0.15, -0.1) is 0 Å². The van der Waals surface area contributed by atoms with Gasteiger partial charge < -0.3 is 11.1 Å². The van der Waals surface area contributed by atoms with Gasteiger partial charge in [-0.3, -0.25) is 4.68 Å². The molecular formula is C11H14N4. The van der Waals surface area contributed by atoms with Crippen molar-refractivity contribution in [1.29, 1.82) is 0 Å². The van der Waals surface area contributed by atoms with E-state index in [1.165, 1.54) is 0 Å². The summed E-state index contributed by atoms with van der Waals surface area (Å²) in [6, 6.07) is 7.63. The molecule has 0 amide bonds. The van der Waals surface area contributed by atoms with Crippen molar-refractivity contribution in [3.63, 3.8) is 0 Å². The highest BCUT2D eigenvalue weighted by Gasteiger charge is 2.02. The van der Waals surface area contributed by atoms with Crippen LogP contribution in [0.3, 0.4) is 0 Å². The molecule has 0 aliphatic rings. The SMILES string of the molecule is Cc1c(Nc2ccc(N)cc2)cnn1C. The van der Waals surface area contributed by atoms with E-state index in [1.807, 2.05) is 49.1 Å². The number of hydrogen-bond acceptors (Lipinski definition) is 3. The van der Waals surface area contributed by atoms with Crippen LogP contribution in [0.25, 0.3) is 0 Å². The second-order valence-corrected chi connectivity index (χ2v) is 3.51. The highest BCUT2D eigenvalue weighted by molar-refractivity contribution is 5.62. The fourth-order valence-corrected chi connectivity index (χ4v) is 1.34. The van der Waals surface area contributed by atoms with Gasteiger partial charge in [0.1, 0.15) is 0 Å². The summed E-state index contributed by atoms with van der Waals surface area (Å²) in [7, 11) is 1.92. The molecule has 78 valence electrons. The second kappa shape index (κ2) is 3.65. The largest absolute Gasteiger partial charge is 0.399 e. The van der Waals surface area contributed by atoms with Crippen molar-refractivity contribution in [2.75, 3.05) is 11.1 Å². The Morgan fingerprint density at radius 1 is 1.27 bits per heavy atom. The van der Waals surface area contributed by atoms with Crippen molar-refractivity contribution in [2.45, 2.75) is 6.92 Å². The number of nitrogens with zero attached hydrogens (tertiary/aromatic N) is 2. The molecule has 1 aromatic carbocycles. The lowest BCUT2D eigenvalue weighted by Crippen LogP contribution is -1.95. The summed E-state index contributed by atoms with van der Waals surface area (Å²) >= 11 is 0. The Labute approximate surface area is 88.7 Å². The number of benzene rings is 1. The van der Waals surface area contributed by atoms with E-state index in [2.05, 4.69) is 10.4 Å². The average molecular weight is 202 g/mol. The first-order valence-corrected chi connectivity index (χ1v) is 4.78. The summed E-state index contributed by atoms with van der Waals surface area (Å²) in [4.78, 5) is 0. The summed E-state index contributed by atoms with van der Waals surface area (Å²) < 4.78 is 1.83. The molecule has 0 fully saturated rings. The fourth-order valence-electron chi connectivity index (χ4n) is 1.34. The van der Waals surface area contributed by atoms with E-state index in [9.17, 15) is 0 Å². The van der Waals surface area contributed by atoms with Crippen LogP contribution in [-0.2, 0) is 7.05 Å². The zero-order valence-corrected chi connectivity index (χ0v) is 8.86. The summed E-state index contributed by atoms with van der Waals surface area (Å²) in [6.45, 7) is 2.02. The molecule has 0 aliphatic carbocycles. The molecular weight excluding hydrogens is 188 g/mol. The van der Waals surface area contributed by atoms with Crippen LogP contribution in [0, 0.1) is 6.92 Å². The molecule has 0 atom stereocenters. The standard InChI is InChI=1S/C11H14N4/c1-8-11(7-13-15(8)2)14-10-5-3-9(12)4-6-10/h3-7,14H,12H2,1-2H3. The molecule has 0 unspecified atom stereocenters. The van der Waals surface area contributed by atoms with Gasteiger partial charge >= 0.3 is 0 Å². The van der Waals surface area contributed by atoms with Crippen LogP contribution in [0.15, 0.2) is 30.5 Å². The number of anilines is 3. The quantitative estimate of drug-likeness (QED) is 0.733. The topological polar surface area (TPSA) is 55.9 Å². The Morgan fingerprint density at radius 3 is 2.47 bits per heavy atom. The van der Waals surface area contributed by atoms with Gasteiger partial charge in [0.25, 0.3) is 0 Å². The highest BCUT2D eigenvalue weighted by Crippen LogP contribution is 2.20. The lowest BCUT2D eigenvalue weighted by atomic mass is 10.2. The molecule has 2 rings (SSSR count). The summed E-state index contributed by atoms with van der Waals surface area (Å²) in [6.07, 6.45) is 1.81. The molecule has 0 bridgehead atoms. The van der Waals surface area contributed by atoms with Crippen LogP contribution in [0.4, 0.5) is 17.1 Å². The fraction of sp³-hybridized carbons (Fsp3) is 0.182. The third-order valence-corrected chi connectivity index (χ3v) is 2.42. The van der Waals surface area contributed by atoms with E-state index >= 15 is 0 Å². The minimum atomic E-state index is 0.767. The summed E-state index contributed by atoms with van der Waals surface area (Å²) in [5, 5.41) is 7.44. The number of rotatable bonds is 2. The smallest absolute Gasteiger partial charge is 0.0800 e. The van der Waals surface area contributed by atoms with E-state index in [1.54, 1.807) is 0 Å². The maximum Gasteiger partial charge on any atom is 0.0800 e. The Bertz CT molecular complexity index is 456. The van der Waals surface area contributed by atoms with Crippen LogP contribution >= 0.6 is 0 Å². The molecule has 0 saturated heterocycles. The van der Waals surface area contributed by atoms with E-state index in [4.69, 9.17) is 5.73 Å². The maximum absolute atomic E-state index is 5.61. The van der Waals surface area contributed by atoms with Crippen molar-refractivity contribution < 1.29 is 0 Å². The zero-order valence-electron chi connectivity index (χ0n) is 8.86. The first kappa shape index (κ1) is 9.58. The average Bonchev–Trinajstić information content (AvgIpc) is 2.53. The van der Waals surface area contributed by atoms with Gasteiger partial charge in [0.15, 0.2) is 0 Å². The summed E-state index contributed by atoms with van der Waals surface area (Å²) in [5.74, 6) is 0. The Balaban J connectivity index is 2.22. The van der Waals surface area contributed by atoms with Crippen LogP contribution in [-0.4, -0.2) is 9.78 Å². The molecule has 0 spiro atoms. The van der Waals surface area contributed by atoms with Crippen molar-refractivity contribution in [2.24, 2.45) is 7.05 Å². The van der Waals surface area contributed by atoms with Gasteiger partial charge in [-0.2, -0.15) is 5.10 Å². The third kappa shape index (κ3) is 1.93. The van der Waals surface area contributed by atoms with Crippen LogP contribution in [0.1, 0.15) is 5.69 Å². The Morgan fingerprint density at radius 2 is 1.93 bits per heavy atom. The normalized spacial score (nSPS) is 10.3. The molecule has 4 nitrogen and oxygen atoms in total. The Hall–Kier alpha value is -1.97. The minimum absolute atomic E-state index is 0.767.